The third kappa shape index (κ3) is 2.25. The highest BCUT2D eigenvalue weighted by molar-refractivity contribution is 5.86. The Bertz CT molecular complexity index is 758. The number of nitrogens with one attached hydrogen (secondary N) is 1. The van der Waals surface area contributed by atoms with Gasteiger partial charge in [-0.15, -0.1) is 0 Å². The Labute approximate surface area is 143 Å². The molecule has 2 aromatic rings. The third-order valence-corrected chi connectivity index (χ3v) is 5.36. The van der Waals surface area contributed by atoms with Gasteiger partial charge >= 0.3 is 0 Å². The second-order valence-electron chi connectivity index (χ2n) is 7.10. The predicted molar refractivity (Wildman–Crippen MR) is 97.5 cm³/mol. The Hall–Kier alpha value is -2.49. The van der Waals surface area contributed by atoms with Gasteiger partial charge in [0, 0.05) is 44.0 Å². The van der Waals surface area contributed by atoms with E-state index in [2.05, 4.69) is 46.6 Å². The van der Waals surface area contributed by atoms with Crippen molar-refractivity contribution in [3.63, 3.8) is 0 Å². The second kappa shape index (κ2) is 5.55. The molecule has 24 heavy (non-hydrogen) atoms. The lowest BCUT2D eigenvalue weighted by Gasteiger charge is -2.28. The number of benzene rings is 2. The molecule has 1 N–H and O–H groups in total. The van der Waals surface area contributed by atoms with E-state index in [1.54, 1.807) is 4.90 Å². The zero-order valence-corrected chi connectivity index (χ0v) is 14.2. The quantitative estimate of drug-likeness (QED) is 0.924. The Morgan fingerprint density at radius 2 is 1.83 bits per heavy atom. The fourth-order valence-corrected chi connectivity index (χ4v) is 4.17. The van der Waals surface area contributed by atoms with Crippen molar-refractivity contribution in [2.24, 2.45) is 0 Å². The van der Waals surface area contributed by atoms with E-state index in [1.807, 2.05) is 32.3 Å². The highest BCUT2D eigenvalue weighted by atomic mass is 16.2. The van der Waals surface area contributed by atoms with Crippen molar-refractivity contribution in [3.8, 4) is 0 Å². The van der Waals surface area contributed by atoms with Crippen LogP contribution in [0.3, 0.4) is 0 Å². The van der Waals surface area contributed by atoms with Crippen molar-refractivity contribution in [3.05, 3.63) is 60.2 Å². The molecule has 0 aliphatic carbocycles. The molecule has 2 aromatic carbocycles. The highest BCUT2D eigenvalue weighted by Crippen LogP contribution is 2.46. The number of amides is 1. The topological polar surface area (TPSA) is 35.6 Å². The number of para-hydroxylation sites is 2. The SMILES string of the molecule is CN(C)C(=O)C1CC2(CNc3ccccc32)CN1c1ccccc1. The Balaban J connectivity index is 1.75. The molecule has 0 radical (unpaired) electrons. The van der Waals surface area contributed by atoms with Crippen molar-refractivity contribution < 1.29 is 4.79 Å². The third-order valence-electron chi connectivity index (χ3n) is 5.36. The van der Waals surface area contributed by atoms with Gasteiger partial charge in [-0.1, -0.05) is 36.4 Å². The van der Waals surface area contributed by atoms with Crippen molar-refractivity contribution in [2.75, 3.05) is 37.4 Å². The maximum Gasteiger partial charge on any atom is 0.244 e. The van der Waals surface area contributed by atoms with Crippen molar-refractivity contribution in [1.29, 1.82) is 0 Å². The lowest BCUT2D eigenvalue weighted by Crippen LogP contribution is -2.42. The van der Waals surface area contributed by atoms with E-state index in [0.717, 1.165) is 25.2 Å². The minimum atomic E-state index is -0.115. The summed E-state index contributed by atoms with van der Waals surface area (Å²) in [6.07, 6.45) is 0.850. The van der Waals surface area contributed by atoms with Gasteiger partial charge in [-0.2, -0.15) is 0 Å². The molecule has 2 heterocycles. The molecule has 2 aliphatic heterocycles. The molecule has 2 aliphatic rings. The van der Waals surface area contributed by atoms with Crippen LogP contribution >= 0.6 is 0 Å². The number of anilines is 2. The summed E-state index contributed by atoms with van der Waals surface area (Å²) in [4.78, 5) is 16.8. The Morgan fingerprint density at radius 3 is 2.58 bits per heavy atom. The van der Waals surface area contributed by atoms with E-state index in [1.165, 1.54) is 11.3 Å². The van der Waals surface area contributed by atoms with Crippen LogP contribution in [0.2, 0.25) is 0 Å². The first kappa shape index (κ1) is 15.1. The summed E-state index contributed by atoms with van der Waals surface area (Å²) in [5, 5.41) is 3.54. The molecule has 4 nitrogen and oxygen atoms in total. The number of hydrogen-bond donors (Lipinski definition) is 1. The van der Waals surface area contributed by atoms with Crippen LogP contribution in [0.25, 0.3) is 0 Å². The number of fused-ring (bicyclic) bond motifs is 2. The van der Waals surface area contributed by atoms with E-state index >= 15 is 0 Å². The second-order valence-corrected chi connectivity index (χ2v) is 7.10. The van der Waals surface area contributed by atoms with Crippen molar-refractivity contribution in [2.45, 2.75) is 17.9 Å². The van der Waals surface area contributed by atoms with Crippen molar-refractivity contribution >= 4 is 17.3 Å². The average Bonchev–Trinajstić information content (AvgIpc) is 3.18. The first-order chi connectivity index (χ1) is 11.6. The lowest BCUT2D eigenvalue weighted by atomic mass is 9.80. The number of likely N-dealkylation sites (N-methyl/N-ethyl adjacent to an activating group) is 1. The van der Waals surface area contributed by atoms with E-state index in [4.69, 9.17) is 0 Å². The summed E-state index contributed by atoms with van der Waals surface area (Å²) in [7, 11) is 3.69. The largest absolute Gasteiger partial charge is 0.384 e. The maximum atomic E-state index is 12.8. The normalized spacial score (nSPS) is 24.8. The van der Waals surface area contributed by atoms with E-state index in [0.29, 0.717) is 0 Å². The lowest BCUT2D eigenvalue weighted by molar-refractivity contribution is -0.129. The minimum Gasteiger partial charge on any atom is -0.384 e. The molecule has 1 fully saturated rings. The van der Waals surface area contributed by atoms with Crippen LogP contribution in [-0.2, 0) is 10.2 Å². The molecule has 0 bridgehead atoms. The number of rotatable bonds is 2. The molecule has 0 saturated carbocycles. The van der Waals surface area contributed by atoms with Crippen LogP contribution in [0.5, 0.6) is 0 Å². The molecule has 2 unspecified atom stereocenters. The number of nitrogens with zero attached hydrogens (tertiary/aromatic N) is 2. The summed E-state index contributed by atoms with van der Waals surface area (Å²) >= 11 is 0. The predicted octanol–water partition coefficient (Wildman–Crippen LogP) is 2.72. The monoisotopic (exact) mass is 321 g/mol. The van der Waals surface area contributed by atoms with Gasteiger partial charge in [0.1, 0.15) is 6.04 Å². The first-order valence-electron chi connectivity index (χ1n) is 8.47. The number of carbonyl (C=O) groups is 1. The summed E-state index contributed by atoms with van der Waals surface area (Å²) < 4.78 is 0. The van der Waals surface area contributed by atoms with Crippen LogP contribution in [-0.4, -0.2) is 44.0 Å². The summed E-state index contributed by atoms with van der Waals surface area (Å²) in [5.74, 6) is 0.181. The molecule has 4 heteroatoms. The molecule has 1 amide bonds. The maximum absolute atomic E-state index is 12.8. The number of carbonyl (C=O) groups excluding carboxylic acids is 1. The molecule has 1 saturated heterocycles. The van der Waals surface area contributed by atoms with Gasteiger partial charge in [0.05, 0.1) is 0 Å². The Morgan fingerprint density at radius 1 is 1.12 bits per heavy atom. The van der Waals surface area contributed by atoms with Crippen LogP contribution in [0, 0.1) is 0 Å². The van der Waals surface area contributed by atoms with Gasteiger partial charge in [-0.3, -0.25) is 4.79 Å². The highest BCUT2D eigenvalue weighted by Gasteiger charge is 2.51. The molecule has 1 spiro atoms. The molecule has 4 rings (SSSR count). The summed E-state index contributed by atoms with van der Waals surface area (Å²) in [5.41, 5.74) is 3.69. The fourth-order valence-electron chi connectivity index (χ4n) is 4.17. The molecular formula is C20H23N3O. The van der Waals surface area contributed by atoms with Crippen LogP contribution in [0.4, 0.5) is 11.4 Å². The number of hydrogen-bond acceptors (Lipinski definition) is 3. The van der Waals surface area contributed by atoms with Crippen LogP contribution in [0.15, 0.2) is 54.6 Å². The van der Waals surface area contributed by atoms with Gasteiger partial charge in [-0.05, 0) is 30.2 Å². The van der Waals surface area contributed by atoms with Gasteiger partial charge in [0.15, 0.2) is 0 Å². The van der Waals surface area contributed by atoms with Gasteiger partial charge in [0.2, 0.25) is 5.91 Å². The van der Waals surface area contributed by atoms with Crippen LogP contribution in [0.1, 0.15) is 12.0 Å². The molecule has 124 valence electrons. The zero-order chi connectivity index (χ0) is 16.7. The Kier molecular flexibility index (Phi) is 3.48. The average molecular weight is 321 g/mol. The van der Waals surface area contributed by atoms with E-state index in [-0.39, 0.29) is 17.4 Å². The van der Waals surface area contributed by atoms with Gasteiger partial charge in [0.25, 0.3) is 0 Å². The van der Waals surface area contributed by atoms with E-state index in [9.17, 15) is 4.79 Å². The van der Waals surface area contributed by atoms with E-state index < -0.39 is 0 Å². The van der Waals surface area contributed by atoms with Gasteiger partial charge in [-0.25, -0.2) is 0 Å². The molecule has 2 atom stereocenters. The molecular weight excluding hydrogens is 298 g/mol. The minimum absolute atomic E-state index is 0.00275. The van der Waals surface area contributed by atoms with Crippen molar-refractivity contribution in [1.82, 2.24) is 4.90 Å². The fraction of sp³-hybridized carbons (Fsp3) is 0.350. The first-order valence-corrected chi connectivity index (χ1v) is 8.47. The smallest absolute Gasteiger partial charge is 0.244 e. The summed E-state index contributed by atoms with van der Waals surface area (Å²) in [6.45, 7) is 1.76. The van der Waals surface area contributed by atoms with Crippen LogP contribution < -0.4 is 10.2 Å². The molecule has 0 aromatic heterocycles. The standard InChI is InChI=1S/C20H23N3O/c1-22(2)19(24)18-12-20(13-21-17-11-7-6-10-16(17)20)14-23(18)15-8-4-3-5-9-15/h3-11,18,21H,12-14H2,1-2H3. The summed E-state index contributed by atoms with van der Waals surface area (Å²) in [6, 6.07) is 18.7. The zero-order valence-electron chi connectivity index (χ0n) is 14.2. The van der Waals surface area contributed by atoms with Gasteiger partial charge < -0.3 is 15.1 Å².